The van der Waals surface area contributed by atoms with E-state index < -0.39 is 0 Å². The molecular weight excluding hydrogens is 230 g/mol. The Morgan fingerprint density at radius 2 is 2.17 bits per heavy atom. The average molecular weight is 251 g/mol. The summed E-state index contributed by atoms with van der Waals surface area (Å²) in [7, 11) is 0. The summed E-state index contributed by atoms with van der Waals surface area (Å²) in [5, 5.41) is 6.67. The summed E-state index contributed by atoms with van der Waals surface area (Å²) in [6.45, 7) is 6.55. The molecule has 0 aliphatic carbocycles. The van der Waals surface area contributed by atoms with Crippen molar-refractivity contribution in [2.75, 3.05) is 25.0 Å². The van der Waals surface area contributed by atoms with Crippen molar-refractivity contribution in [3.05, 3.63) is 11.8 Å². The number of rotatable bonds is 4. The predicted octanol–water partition coefficient (Wildman–Crippen LogP) is 2.22. The molecular formula is C13H21N3O2. The molecule has 1 N–H and O–H groups in total. The summed E-state index contributed by atoms with van der Waals surface area (Å²) >= 11 is 0. The van der Waals surface area contributed by atoms with E-state index >= 15 is 0 Å². The number of anilines is 1. The molecule has 2 rings (SSSR count). The Hall–Kier alpha value is -1.36. The molecule has 0 unspecified atom stereocenters. The molecule has 1 aliphatic heterocycles. The van der Waals surface area contributed by atoms with Gasteiger partial charge in [0.05, 0.1) is 12.2 Å². The fourth-order valence-corrected chi connectivity index (χ4v) is 2.12. The highest BCUT2D eigenvalue weighted by molar-refractivity contribution is 5.90. The number of hydrogen-bond acceptors (Lipinski definition) is 4. The minimum Gasteiger partial charge on any atom is -0.338 e. The molecule has 1 aliphatic rings. The van der Waals surface area contributed by atoms with Crippen LogP contribution in [0, 0.1) is 0 Å². The highest BCUT2D eigenvalue weighted by atomic mass is 16.5. The highest BCUT2D eigenvalue weighted by Crippen LogP contribution is 2.17. The molecule has 100 valence electrons. The van der Waals surface area contributed by atoms with Gasteiger partial charge in [-0.25, -0.2) is 0 Å². The number of aromatic nitrogens is 1. The lowest BCUT2D eigenvalue weighted by molar-refractivity contribution is -0.117. The first kappa shape index (κ1) is 13.1. The number of nitrogens with zero attached hydrogens (tertiary/aromatic N) is 2. The van der Waals surface area contributed by atoms with E-state index in [0.29, 0.717) is 18.3 Å². The Balaban J connectivity index is 1.82. The number of nitrogens with one attached hydrogen (secondary N) is 1. The van der Waals surface area contributed by atoms with Crippen molar-refractivity contribution in [3.63, 3.8) is 0 Å². The third-order valence-corrected chi connectivity index (χ3v) is 3.20. The molecule has 1 saturated heterocycles. The summed E-state index contributed by atoms with van der Waals surface area (Å²) in [5.74, 6) is 0.727. The van der Waals surface area contributed by atoms with Crippen molar-refractivity contribution < 1.29 is 9.32 Å². The molecule has 5 nitrogen and oxygen atoms in total. The van der Waals surface area contributed by atoms with Crippen LogP contribution < -0.4 is 5.32 Å². The molecule has 0 atom stereocenters. The van der Waals surface area contributed by atoms with Gasteiger partial charge in [0.2, 0.25) is 11.8 Å². The number of piperidine rings is 1. The maximum atomic E-state index is 11.8. The summed E-state index contributed by atoms with van der Waals surface area (Å²) in [6.07, 6.45) is 3.65. The first-order valence-corrected chi connectivity index (χ1v) is 6.64. The molecule has 0 saturated carbocycles. The largest absolute Gasteiger partial charge is 0.338 e. The molecule has 18 heavy (non-hydrogen) atoms. The quantitative estimate of drug-likeness (QED) is 0.891. The fourth-order valence-electron chi connectivity index (χ4n) is 2.12. The lowest BCUT2D eigenvalue weighted by Crippen LogP contribution is -2.36. The van der Waals surface area contributed by atoms with Crippen molar-refractivity contribution in [1.82, 2.24) is 10.1 Å². The van der Waals surface area contributed by atoms with Gasteiger partial charge in [-0.05, 0) is 31.8 Å². The second-order valence-electron chi connectivity index (χ2n) is 5.16. The SMILES string of the molecule is CC(C)c1cc(NC(=O)CN2CCCCC2)on1. The normalized spacial score (nSPS) is 17.1. The van der Waals surface area contributed by atoms with Crippen LogP contribution in [0.1, 0.15) is 44.7 Å². The third kappa shape index (κ3) is 3.57. The van der Waals surface area contributed by atoms with E-state index in [-0.39, 0.29) is 5.91 Å². The maximum Gasteiger partial charge on any atom is 0.240 e. The lowest BCUT2D eigenvalue weighted by Gasteiger charge is -2.25. The number of amides is 1. The summed E-state index contributed by atoms with van der Waals surface area (Å²) in [4.78, 5) is 14.0. The summed E-state index contributed by atoms with van der Waals surface area (Å²) in [6, 6.07) is 1.79. The first-order chi connectivity index (χ1) is 8.65. The number of hydrogen-bond donors (Lipinski definition) is 1. The zero-order valence-electron chi connectivity index (χ0n) is 11.1. The van der Waals surface area contributed by atoms with Gasteiger partial charge in [-0.2, -0.15) is 0 Å². The van der Waals surface area contributed by atoms with E-state index in [1.165, 1.54) is 19.3 Å². The van der Waals surface area contributed by atoms with Crippen LogP contribution in [0.3, 0.4) is 0 Å². The van der Waals surface area contributed by atoms with Crippen LogP contribution in [0.5, 0.6) is 0 Å². The molecule has 0 aromatic carbocycles. The molecule has 0 radical (unpaired) electrons. The molecule has 1 amide bonds. The second kappa shape index (κ2) is 6.00. The van der Waals surface area contributed by atoms with Crippen molar-refractivity contribution in [1.29, 1.82) is 0 Å². The van der Waals surface area contributed by atoms with Crippen LogP contribution in [-0.4, -0.2) is 35.6 Å². The molecule has 5 heteroatoms. The van der Waals surface area contributed by atoms with Gasteiger partial charge in [0.15, 0.2) is 0 Å². The zero-order chi connectivity index (χ0) is 13.0. The van der Waals surface area contributed by atoms with Gasteiger partial charge in [-0.3, -0.25) is 15.0 Å². The van der Waals surface area contributed by atoms with Gasteiger partial charge in [0.1, 0.15) is 0 Å². The Morgan fingerprint density at radius 1 is 1.44 bits per heavy atom. The standard InChI is InChI=1S/C13H21N3O2/c1-10(2)11-8-13(18-15-11)14-12(17)9-16-6-4-3-5-7-16/h8,10H,3-7,9H2,1-2H3,(H,14,17). The number of carbonyl (C=O) groups excluding carboxylic acids is 1. The van der Waals surface area contributed by atoms with Gasteiger partial charge < -0.3 is 4.52 Å². The topological polar surface area (TPSA) is 58.4 Å². The van der Waals surface area contributed by atoms with E-state index in [1.54, 1.807) is 6.07 Å². The smallest absolute Gasteiger partial charge is 0.240 e. The number of carbonyl (C=O) groups is 1. The average Bonchev–Trinajstić information content (AvgIpc) is 2.78. The van der Waals surface area contributed by atoms with Crippen LogP contribution in [-0.2, 0) is 4.79 Å². The number of likely N-dealkylation sites (tertiary alicyclic amines) is 1. The van der Waals surface area contributed by atoms with E-state index in [1.807, 2.05) is 13.8 Å². The van der Waals surface area contributed by atoms with Gasteiger partial charge >= 0.3 is 0 Å². The molecule has 0 bridgehead atoms. The molecule has 1 fully saturated rings. The second-order valence-corrected chi connectivity index (χ2v) is 5.16. The van der Waals surface area contributed by atoms with E-state index in [2.05, 4.69) is 15.4 Å². The first-order valence-electron chi connectivity index (χ1n) is 6.64. The Labute approximate surface area is 108 Å². The maximum absolute atomic E-state index is 11.8. The molecule has 1 aromatic rings. The van der Waals surface area contributed by atoms with E-state index in [9.17, 15) is 4.79 Å². The van der Waals surface area contributed by atoms with Crippen LogP contribution in [0.25, 0.3) is 0 Å². The third-order valence-electron chi connectivity index (χ3n) is 3.20. The molecule has 2 heterocycles. The van der Waals surface area contributed by atoms with Crippen LogP contribution in [0.2, 0.25) is 0 Å². The van der Waals surface area contributed by atoms with Crippen molar-refractivity contribution in [3.8, 4) is 0 Å². The van der Waals surface area contributed by atoms with Crippen molar-refractivity contribution >= 4 is 11.8 Å². The molecule has 0 spiro atoms. The predicted molar refractivity (Wildman–Crippen MR) is 69.5 cm³/mol. The zero-order valence-corrected chi connectivity index (χ0v) is 11.1. The minimum atomic E-state index is -0.0247. The van der Waals surface area contributed by atoms with Crippen molar-refractivity contribution in [2.45, 2.75) is 39.0 Å². The lowest BCUT2D eigenvalue weighted by atomic mass is 10.1. The fraction of sp³-hybridized carbons (Fsp3) is 0.692. The van der Waals surface area contributed by atoms with Gasteiger partial charge in [-0.1, -0.05) is 25.4 Å². The molecule has 1 aromatic heterocycles. The van der Waals surface area contributed by atoms with Gasteiger partial charge in [0, 0.05) is 6.07 Å². The Kier molecular flexibility index (Phi) is 4.36. The Bertz CT molecular complexity index is 395. The Morgan fingerprint density at radius 3 is 2.78 bits per heavy atom. The van der Waals surface area contributed by atoms with E-state index in [4.69, 9.17) is 4.52 Å². The minimum absolute atomic E-state index is 0.0247. The summed E-state index contributed by atoms with van der Waals surface area (Å²) < 4.78 is 5.09. The summed E-state index contributed by atoms with van der Waals surface area (Å²) in [5.41, 5.74) is 0.864. The van der Waals surface area contributed by atoms with Gasteiger partial charge in [-0.15, -0.1) is 0 Å². The van der Waals surface area contributed by atoms with Crippen LogP contribution >= 0.6 is 0 Å². The van der Waals surface area contributed by atoms with Crippen LogP contribution in [0.4, 0.5) is 5.88 Å². The monoisotopic (exact) mass is 251 g/mol. The van der Waals surface area contributed by atoms with Crippen LogP contribution in [0.15, 0.2) is 10.6 Å². The van der Waals surface area contributed by atoms with Gasteiger partial charge in [0.25, 0.3) is 0 Å². The van der Waals surface area contributed by atoms with Crippen molar-refractivity contribution in [2.24, 2.45) is 0 Å². The van der Waals surface area contributed by atoms with E-state index in [0.717, 1.165) is 18.8 Å². The highest BCUT2D eigenvalue weighted by Gasteiger charge is 2.15.